The maximum Gasteiger partial charge on any atom is 0.341 e. The van der Waals surface area contributed by atoms with Crippen LogP contribution in [0.2, 0.25) is 0 Å². The maximum absolute atomic E-state index is 12.8. The van der Waals surface area contributed by atoms with Crippen molar-refractivity contribution in [1.29, 1.82) is 0 Å². The second kappa shape index (κ2) is 11.5. The zero-order chi connectivity index (χ0) is 25.7. The first kappa shape index (κ1) is 25.7. The number of aryl methyl sites for hydroxylation is 2. The van der Waals surface area contributed by atoms with E-state index in [1.54, 1.807) is 6.92 Å². The number of esters is 1. The standard InChI is InChI=1S/C29H26BrNO4S/c1-4-34-29(33)27-23(22-11-10-18(2)19(3)14-22)17-36-28(27)31-26(32)16-35-25-13-12-21(15-24(25)30)20-8-6-5-7-9-20/h5-15,17H,4,16H2,1-3H3,(H,31,32). The van der Waals surface area contributed by atoms with Gasteiger partial charge >= 0.3 is 5.97 Å². The summed E-state index contributed by atoms with van der Waals surface area (Å²) in [5.41, 5.74) is 6.40. The van der Waals surface area contributed by atoms with Crippen molar-refractivity contribution in [2.75, 3.05) is 18.5 Å². The SMILES string of the molecule is CCOC(=O)c1c(-c2ccc(C)c(C)c2)csc1NC(=O)COc1ccc(-c2ccccc2)cc1Br. The highest BCUT2D eigenvalue weighted by Gasteiger charge is 2.23. The summed E-state index contributed by atoms with van der Waals surface area (Å²) in [5, 5.41) is 5.14. The average Bonchev–Trinajstić information content (AvgIpc) is 3.29. The first-order valence-corrected chi connectivity index (χ1v) is 13.2. The highest BCUT2D eigenvalue weighted by molar-refractivity contribution is 9.10. The number of hydrogen-bond donors (Lipinski definition) is 1. The quantitative estimate of drug-likeness (QED) is 0.223. The Hall–Kier alpha value is -3.42. The van der Waals surface area contributed by atoms with E-state index in [9.17, 15) is 9.59 Å². The van der Waals surface area contributed by atoms with Crippen LogP contribution in [0.25, 0.3) is 22.3 Å². The molecule has 1 N–H and O–H groups in total. The van der Waals surface area contributed by atoms with Crippen molar-refractivity contribution in [3.8, 4) is 28.0 Å². The third-order valence-electron chi connectivity index (χ3n) is 5.74. The molecule has 1 aromatic heterocycles. The Morgan fingerprint density at radius 2 is 1.67 bits per heavy atom. The molecule has 0 radical (unpaired) electrons. The molecule has 0 atom stereocenters. The van der Waals surface area contributed by atoms with E-state index in [1.807, 2.05) is 86.0 Å². The third kappa shape index (κ3) is 5.86. The van der Waals surface area contributed by atoms with E-state index in [0.29, 0.717) is 16.3 Å². The lowest BCUT2D eigenvalue weighted by Crippen LogP contribution is -2.21. The molecule has 0 aliphatic carbocycles. The van der Waals surface area contributed by atoms with E-state index in [2.05, 4.69) is 21.2 Å². The molecule has 0 fully saturated rings. The Morgan fingerprint density at radius 1 is 0.917 bits per heavy atom. The van der Waals surface area contributed by atoms with Crippen molar-refractivity contribution in [2.45, 2.75) is 20.8 Å². The molecule has 0 saturated carbocycles. The molecule has 0 unspecified atom stereocenters. The average molecular weight is 565 g/mol. The second-order valence-corrected chi connectivity index (χ2v) is 9.96. The number of halogens is 1. The van der Waals surface area contributed by atoms with Crippen LogP contribution in [-0.4, -0.2) is 25.1 Å². The fraction of sp³-hybridized carbons (Fsp3) is 0.172. The van der Waals surface area contributed by atoms with E-state index in [0.717, 1.165) is 32.3 Å². The molecule has 1 heterocycles. The zero-order valence-corrected chi connectivity index (χ0v) is 22.7. The van der Waals surface area contributed by atoms with E-state index in [-0.39, 0.29) is 19.1 Å². The molecule has 184 valence electrons. The molecule has 0 spiro atoms. The summed E-state index contributed by atoms with van der Waals surface area (Å²) < 4.78 is 11.8. The minimum Gasteiger partial charge on any atom is -0.483 e. The van der Waals surface area contributed by atoms with Gasteiger partial charge in [0.15, 0.2) is 6.61 Å². The van der Waals surface area contributed by atoms with Gasteiger partial charge in [-0.3, -0.25) is 4.79 Å². The molecule has 7 heteroatoms. The first-order valence-electron chi connectivity index (χ1n) is 11.5. The Labute approximate surface area is 223 Å². The van der Waals surface area contributed by atoms with Gasteiger partial charge in [0, 0.05) is 10.9 Å². The van der Waals surface area contributed by atoms with E-state index < -0.39 is 5.97 Å². The topological polar surface area (TPSA) is 64.6 Å². The van der Waals surface area contributed by atoms with Crippen LogP contribution in [0.4, 0.5) is 5.00 Å². The number of thiophene rings is 1. The minimum atomic E-state index is -0.470. The lowest BCUT2D eigenvalue weighted by Gasteiger charge is -2.12. The smallest absolute Gasteiger partial charge is 0.341 e. The number of anilines is 1. The molecule has 0 aliphatic heterocycles. The van der Waals surface area contributed by atoms with Crippen molar-refractivity contribution in [3.05, 3.63) is 93.3 Å². The van der Waals surface area contributed by atoms with Crippen LogP contribution in [0, 0.1) is 13.8 Å². The number of benzene rings is 3. The van der Waals surface area contributed by atoms with Crippen molar-refractivity contribution >= 4 is 44.1 Å². The predicted molar refractivity (Wildman–Crippen MR) is 149 cm³/mol. The van der Waals surface area contributed by atoms with Crippen LogP contribution < -0.4 is 10.1 Å². The fourth-order valence-electron chi connectivity index (χ4n) is 3.71. The third-order valence-corrected chi connectivity index (χ3v) is 7.25. The van der Waals surface area contributed by atoms with Crippen LogP contribution in [0.3, 0.4) is 0 Å². The van der Waals surface area contributed by atoms with Gasteiger partial charge in [0.2, 0.25) is 0 Å². The minimum absolute atomic E-state index is 0.206. The van der Waals surface area contributed by atoms with Crippen LogP contribution in [-0.2, 0) is 9.53 Å². The Morgan fingerprint density at radius 3 is 2.36 bits per heavy atom. The van der Waals surface area contributed by atoms with E-state index in [1.165, 1.54) is 16.9 Å². The van der Waals surface area contributed by atoms with Crippen molar-refractivity contribution in [1.82, 2.24) is 0 Å². The van der Waals surface area contributed by atoms with E-state index >= 15 is 0 Å². The number of rotatable bonds is 8. The summed E-state index contributed by atoms with van der Waals surface area (Å²) in [5.74, 6) is -0.284. The lowest BCUT2D eigenvalue weighted by atomic mass is 9.99. The highest BCUT2D eigenvalue weighted by Crippen LogP contribution is 2.37. The lowest BCUT2D eigenvalue weighted by molar-refractivity contribution is -0.118. The van der Waals surface area contributed by atoms with Crippen LogP contribution >= 0.6 is 27.3 Å². The molecule has 4 rings (SSSR count). The summed E-state index contributed by atoms with van der Waals surface area (Å²) in [7, 11) is 0. The molecule has 3 aromatic carbocycles. The second-order valence-electron chi connectivity index (χ2n) is 8.22. The summed E-state index contributed by atoms with van der Waals surface area (Å²) in [6.45, 7) is 5.86. The largest absolute Gasteiger partial charge is 0.483 e. The van der Waals surface area contributed by atoms with Crippen LogP contribution in [0.5, 0.6) is 5.75 Å². The first-order chi connectivity index (χ1) is 17.4. The number of amides is 1. The van der Waals surface area contributed by atoms with Gasteiger partial charge in [-0.15, -0.1) is 11.3 Å². The normalized spacial score (nSPS) is 10.7. The molecule has 5 nitrogen and oxygen atoms in total. The van der Waals surface area contributed by atoms with Gasteiger partial charge in [0.1, 0.15) is 16.3 Å². The highest BCUT2D eigenvalue weighted by atomic mass is 79.9. The Kier molecular flexibility index (Phi) is 8.23. The van der Waals surface area contributed by atoms with Gasteiger partial charge in [0.05, 0.1) is 11.1 Å². The van der Waals surface area contributed by atoms with Crippen LogP contribution in [0.15, 0.2) is 76.6 Å². The summed E-state index contributed by atoms with van der Waals surface area (Å²) in [4.78, 5) is 25.6. The number of ether oxygens (including phenoxy) is 2. The predicted octanol–water partition coefficient (Wildman–Crippen LogP) is 7.66. The maximum atomic E-state index is 12.8. The molecular formula is C29H26BrNO4S. The summed E-state index contributed by atoms with van der Waals surface area (Å²) >= 11 is 4.82. The van der Waals surface area contributed by atoms with Gasteiger partial charge in [-0.1, -0.05) is 54.6 Å². The molecule has 1 amide bonds. The molecule has 4 aromatic rings. The van der Waals surface area contributed by atoms with Gasteiger partial charge in [-0.05, 0) is 76.7 Å². The van der Waals surface area contributed by atoms with E-state index in [4.69, 9.17) is 9.47 Å². The van der Waals surface area contributed by atoms with Crippen molar-refractivity contribution < 1.29 is 19.1 Å². The zero-order valence-electron chi connectivity index (χ0n) is 20.3. The number of nitrogens with one attached hydrogen (secondary N) is 1. The molecule has 0 aliphatic rings. The van der Waals surface area contributed by atoms with Gasteiger partial charge in [-0.2, -0.15) is 0 Å². The van der Waals surface area contributed by atoms with Crippen molar-refractivity contribution in [2.24, 2.45) is 0 Å². The summed E-state index contributed by atoms with van der Waals surface area (Å²) in [6, 6.07) is 21.8. The van der Waals surface area contributed by atoms with Gasteiger partial charge < -0.3 is 14.8 Å². The van der Waals surface area contributed by atoms with Gasteiger partial charge in [0.25, 0.3) is 5.91 Å². The molecule has 0 saturated heterocycles. The van der Waals surface area contributed by atoms with Crippen LogP contribution in [0.1, 0.15) is 28.4 Å². The monoisotopic (exact) mass is 563 g/mol. The number of carbonyl (C=O) groups is 2. The van der Waals surface area contributed by atoms with Crippen molar-refractivity contribution in [3.63, 3.8) is 0 Å². The Balaban J connectivity index is 1.50. The fourth-order valence-corrected chi connectivity index (χ4v) is 5.18. The molecule has 0 bridgehead atoms. The van der Waals surface area contributed by atoms with Gasteiger partial charge in [-0.25, -0.2) is 4.79 Å². The summed E-state index contributed by atoms with van der Waals surface area (Å²) in [6.07, 6.45) is 0. The number of hydrogen-bond acceptors (Lipinski definition) is 5. The number of carbonyl (C=O) groups excluding carboxylic acids is 2. The molecule has 36 heavy (non-hydrogen) atoms. The Bertz CT molecular complexity index is 1400. The molecular weight excluding hydrogens is 538 g/mol.